The van der Waals surface area contributed by atoms with Gasteiger partial charge in [0.1, 0.15) is 5.69 Å². The normalized spacial score (nSPS) is 18.8. The Labute approximate surface area is 98.6 Å². The summed E-state index contributed by atoms with van der Waals surface area (Å²) in [5.74, 6) is -0.246. The Morgan fingerprint density at radius 1 is 1.65 bits per heavy atom. The van der Waals surface area contributed by atoms with Crippen LogP contribution in [0, 0.1) is 0 Å². The maximum absolute atomic E-state index is 11.7. The van der Waals surface area contributed by atoms with Crippen LogP contribution >= 0.6 is 0 Å². The van der Waals surface area contributed by atoms with Crippen molar-refractivity contribution in [1.29, 1.82) is 0 Å². The van der Waals surface area contributed by atoms with Gasteiger partial charge in [0.15, 0.2) is 0 Å². The molecule has 1 aliphatic rings. The van der Waals surface area contributed by atoms with Gasteiger partial charge in [-0.15, -0.1) is 0 Å². The molecule has 0 radical (unpaired) electrons. The van der Waals surface area contributed by atoms with E-state index in [2.05, 4.69) is 15.6 Å². The van der Waals surface area contributed by atoms with Gasteiger partial charge in [-0.25, -0.2) is 0 Å². The first-order chi connectivity index (χ1) is 8.15. The van der Waals surface area contributed by atoms with Gasteiger partial charge in [-0.2, -0.15) is 0 Å². The van der Waals surface area contributed by atoms with Crippen molar-refractivity contribution in [3.63, 3.8) is 0 Å². The van der Waals surface area contributed by atoms with E-state index in [1.165, 1.54) is 12.3 Å². The number of pyridine rings is 1. The molecule has 1 saturated heterocycles. The lowest BCUT2D eigenvalue weighted by Crippen LogP contribution is -2.38. The van der Waals surface area contributed by atoms with Crippen LogP contribution in [-0.4, -0.2) is 29.4 Å². The molecule has 0 spiro atoms. The third-order valence-corrected chi connectivity index (χ3v) is 2.61. The molecular formula is C11H14N4O2. The summed E-state index contributed by atoms with van der Waals surface area (Å²) in [5.41, 5.74) is 6.34. The van der Waals surface area contributed by atoms with Gasteiger partial charge >= 0.3 is 0 Å². The third kappa shape index (κ3) is 2.93. The van der Waals surface area contributed by atoms with Crippen LogP contribution in [0.1, 0.15) is 23.3 Å². The van der Waals surface area contributed by atoms with Crippen molar-refractivity contribution in [2.24, 2.45) is 0 Å². The summed E-state index contributed by atoms with van der Waals surface area (Å²) < 4.78 is 0. The molecule has 2 amide bonds. The molecule has 1 aromatic rings. The fraction of sp³-hybridized carbons (Fsp3) is 0.364. The van der Waals surface area contributed by atoms with Crippen LogP contribution in [0.25, 0.3) is 0 Å². The molecule has 6 heteroatoms. The largest absolute Gasteiger partial charge is 0.399 e. The molecule has 1 atom stereocenters. The summed E-state index contributed by atoms with van der Waals surface area (Å²) in [6, 6.07) is 3.16. The van der Waals surface area contributed by atoms with E-state index in [0.29, 0.717) is 18.7 Å². The summed E-state index contributed by atoms with van der Waals surface area (Å²) in [5, 5.41) is 5.49. The zero-order valence-electron chi connectivity index (χ0n) is 9.27. The first-order valence-corrected chi connectivity index (χ1v) is 5.44. The van der Waals surface area contributed by atoms with Gasteiger partial charge in [-0.3, -0.25) is 14.6 Å². The predicted octanol–water partition coefficient (Wildman–Crippen LogP) is -0.328. The second kappa shape index (κ2) is 4.82. The Morgan fingerprint density at radius 2 is 2.47 bits per heavy atom. The van der Waals surface area contributed by atoms with Crippen LogP contribution in [0.5, 0.6) is 0 Å². The third-order valence-electron chi connectivity index (χ3n) is 2.61. The second-order valence-electron chi connectivity index (χ2n) is 3.99. The molecule has 1 aliphatic heterocycles. The SMILES string of the molecule is Nc1ccnc(C(=O)NCC2CCC(=O)N2)c1. The number of hydrogen-bond acceptors (Lipinski definition) is 4. The molecule has 17 heavy (non-hydrogen) atoms. The monoisotopic (exact) mass is 234 g/mol. The van der Waals surface area contributed by atoms with Crippen molar-refractivity contribution in [3.05, 3.63) is 24.0 Å². The highest BCUT2D eigenvalue weighted by Gasteiger charge is 2.21. The van der Waals surface area contributed by atoms with Crippen molar-refractivity contribution in [1.82, 2.24) is 15.6 Å². The second-order valence-corrected chi connectivity index (χ2v) is 3.99. The quantitative estimate of drug-likeness (QED) is 0.667. The van der Waals surface area contributed by atoms with Crippen molar-refractivity contribution in [3.8, 4) is 0 Å². The molecule has 2 rings (SSSR count). The highest BCUT2D eigenvalue weighted by atomic mass is 16.2. The number of hydrogen-bond donors (Lipinski definition) is 3. The van der Waals surface area contributed by atoms with Crippen molar-refractivity contribution >= 4 is 17.5 Å². The maximum Gasteiger partial charge on any atom is 0.270 e. The van der Waals surface area contributed by atoms with E-state index in [1.807, 2.05) is 0 Å². The predicted molar refractivity (Wildman–Crippen MR) is 62.1 cm³/mol. The van der Waals surface area contributed by atoms with E-state index in [9.17, 15) is 9.59 Å². The molecule has 6 nitrogen and oxygen atoms in total. The minimum Gasteiger partial charge on any atom is -0.399 e. The molecule has 0 aliphatic carbocycles. The molecule has 1 fully saturated rings. The van der Waals surface area contributed by atoms with Gasteiger partial charge in [0, 0.05) is 30.9 Å². The highest BCUT2D eigenvalue weighted by Crippen LogP contribution is 2.06. The van der Waals surface area contributed by atoms with Gasteiger partial charge in [0.25, 0.3) is 5.91 Å². The van der Waals surface area contributed by atoms with Gasteiger partial charge in [-0.05, 0) is 18.6 Å². The fourth-order valence-electron chi connectivity index (χ4n) is 1.71. The van der Waals surface area contributed by atoms with E-state index in [0.717, 1.165) is 6.42 Å². The number of nitrogens with two attached hydrogens (primary N) is 1. The van der Waals surface area contributed by atoms with Gasteiger partial charge in [-0.1, -0.05) is 0 Å². The zero-order chi connectivity index (χ0) is 12.3. The molecule has 0 saturated carbocycles. The molecule has 0 bridgehead atoms. The lowest BCUT2D eigenvalue weighted by Gasteiger charge is -2.10. The van der Waals surface area contributed by atoms with E-state index in [4.69, 9.17) is 5.73 Å². The molecule has 2 heterocycles. The average Bonchev–Trinajstić information content (AvgIpc) is 2.72. The Kier molecular flexibility index (Phi) is 3.22. The summed E-state index contributed by atoms with van der Waals surface area (Å²) >= 11 is 0. The Hall–Kier alpha value is -2.11. The fourth-order valence-corrected chi connectivity index (χ4v) is 1.71. The molecule has 1 aromatic heterocycles. The Balaban J connectivity index is 1.87. The first kappa shape index (κ1) is 11.4. The minimum absolute atomic E-state index is 0.0208. The average molecular weight is 234 g/mol. The number of amides is 2. The van der Waals surface area contributed by atoms with Crippen LogP contribution in [0.4, 0.5) is 5.69 Å². The van der Waals surface area contributed by atoms with Crippen molar-refractivity contribution in [2.45, 2.75) is 18.9 Å². The molecule has 90 valence electrons. The topological polar surface area (TPSA) is 97.1 Å². The van der Waals surface area contributed by atoms with Crippen molar-refractivity contribution in [2.75, 3.05) is 12.3 Å². The van der Waals surface area contributed by atoms with Crippen LogP contribution in [0.2, 0.25) is 0 Å². The van der Waals surface area contributed by atoms with Gasteiger partial charge < -0.3 is 16.4 Å². The number of nitrogen functional groups attached to an aromatic ring is 1. The van der Waals surface area contributed by atoms with Crippen LogP contribution in [0.3, 0.4) is 0 Å². The van der Waals surface area contributed by atoms with E-state index < -0.39 is 0 Å². The number of rotatable bonds is 3. The Morgan fingerprint density at radius 3 is 3.12 bits per heavy atom. The summed E-state index contributed by atoms with van der Waals surface area (Å²) in [6.45, 7) is 0.418. The van der Waals surface area contributed by atoms with E-state index in [1.54, 1.807) is 6.07 Å². The first-order valence-electron chi connectivity index (χ1n) is 5.44. The standard InChI is InChI=1S/C11H14N4O2/c12-7-3-4-13-9(5-7)11(17)14-6-8-1-2-10(16)15-8/h3-5,8H,1-2,6H2,(H2,12,13)(H,14,17)(H,15,16). The Bertz CT molecular complexity index is 447. The summed E-state index contributed by atoms with van der Waals surface area (Å²) in [4.78, 5) is 26.6. The number of nitrogens with one attached hydrogen (secondary N) is 2. The van der Waals surface area contributed by atoms with Crippen molar-refractivity contribution < 1.29 is 9.59 Å². The van der Waals surface area contributed by atoms with Crippen LogP contribution in [0.15, 0.2) is 18.3 Å². The number of nitrogens with zero attached hydrogens (tertiary/aromatic N) is 1. The lowest BCUT2D eigenvalue weighted by molar-refractivity contribution is -0.119. The van der Waals surface area contributed by atoms with E-state index >= 15 is 0 Å². The van der Waals surface area contributed by atoms with Crippen LogP contribution < -0.4 is 16.4 Å². The molecule has 1 unspecified atom stereocenters. The minimum atomic E-state index is -0.279. The van der Waals surface area contributed by atoms with Crippen LogP contribution in [-0.2, 0) is 4.79 Å². The van der Waals surface area contributed by atoms with Gasteiger partial charge in [0.05, 0.1) is 0 Å². The number of aromatic nitrogens is 1. The number of carbonyl (C=O) groups excluding carboxylic acids is 2. The smallest absolute Gasteiger partial charge is 0.270 e. The summed E-state index contributed by atoms with van der Waals surface area (Å²) in [6.07, 6.45) is 2.77. The zero-order valence-corrected chi connectivity index (χ0v) is 9.27. The maximum atomic E-state index is 11.7. The number of carbonyl (C=O) groups is 2. The van der Waals surface area contributed by atoms with E-state index in [-0.39, 0.29) is 23.6 Å². The molecule has 4 N–H and O–H groups in total. The van der Waals surface area contributed by atoms with Gasteiger partial charge in [0.2, 0.25) is 5.91 Å². The lowest BCUT2D eigenvalue weighted by atomic mass is 10.2. The summed E-state index contributed by atoms with van der Waals surface area (Å²) in [7, 11) is 0. The highest BCUT2D eigenvalue weighted by molar-refractivity contribution is 5.93. The molecular weight excluding hydrogens is 220 g/mol. The number of anilines is 1. The molecule has 0 aromatic carbocycles.